The van der Waals surface area contributed by atoms with Crippen LogP contribution in [0.15, 0.2) is 46.7 Å². The predicted octanol–water partition coefficient (Wildman–Crippen LogP) is 0.594. The fourth-order valence-corrected chi connectivity index (χ4v) is 3.41. The highest BCUT2D eigenvalue weighted by Gasteiger charge is 2.24. The minimum Gasteiger partial charge on any atom is -0.478 e. The number of amides is 1. The second kappa shape index (κ2) is 7.06. The van der Waals surface area contributed by atoms with E-state index < -0.39 is 10.0 Å². The number of nitrogens with one attached hydrogen (secondary N) is 1. The maximum absolute atomic E-state index is 12.4. The van der Waals surface area contributed by atoms with Crippen molar-refractivity contribution in [3.05, 3.63) is 47.8 Å². The van der Waals surface area contributed by atoms with E-state index in [1.165, 1.54) is 6.08 Å². The molecule has 0 fully saturated rings. The van der Waals surface area contributed by atoms with Gasteiger partial charge in [-0.1, -0.05) is 6.07 Å². The first-order valence-electron chi connectivity index (χ1n) is 7.82. The molecule has 0 bridgehead atoms. The van der Waals surface area contributed by atoms with Crippen LogP contribution in [0, 0.1) is 0 Å². The molecule has 132 valence electrons. The van der Waals surface area contributed by atoms with Gasteiger partial charge in [-0.2, -0.15) is 0 Å². The smallest absolute Gasteiger partial charge is 0.256 e. The largest absolute Gasteiger partial charge is 0.478 e. The van der Waals surface area contributed by atoms with E-state index in [0.717, 1.165) is 5.56 Å². The third kappa shape index (κ3) is 4.05. The van der Waals surface area contributed by atoms with Gasteiger partial charge in [0.25, 0.3) is 15.9 Å². The first kappa shape index (κ1) is 17.2. The highest BCUT2D eigenvalue weighted by Crippen LogP contribution is 2.17. The molecule has 0 aliphatic carbocycles. The lowest BCUT2D eigenvalue weighted by atomic mass is 10.1. The van der Waals surface area contributed by atoms with Gasteiger partial charge in [0, 0.05) is 31.0 Å². The topological polar surface area (TPSA) is 101 Å². The van der Waals surface area contributed by atoms with E-state index in [2.05, 4.69) is 14.7 Å². The fraction of sp³-hybridized carbons (Fsp3) is 0.312. The zero-order valence-corrected chi connectivity index (χ0v) is 14.5. The summed E-state index contributed by atoms with van der Waals surface area (Å²) >= 11 is 0. The summed E-state index contributed by atoms with van der Waals surface area (Å²) in [4.78, 5) is 18.2. The third-order valence-electron chi connectivity index (χ3n) is 3.66. The number of sulfonamides is 1. The van der Waals surface area contributed by atoms with Crippen LogP contribution in [-0.4, -0.2) is 48.9 Å². The summed E-state index contributed by atoms with van der Waals surface area (Å²) in [5, 5.41) is 2.82. The summed E-state index contributed by atoms with van der Waals surface area (Å²) < 4.78 is 32.1. The van der Waals surface area contributed by atoms with Crippen molar-refractivity contribution in [1.82, 2.24) is 15.2 Å². The predicted molar refractivity (Wildman–Crippen MR) is 92.4 cm³/mol. The Bertz CT molecular complexity index is 874. The molecule has 8 nitrogen and oxygen atoms in total. The van der Waals surface area contributed by atoms with Gasteiger partial charge in [0.2, 0.25) is 5.88 Å². The van der Waals surface area contributed by atoms with Gasteiger partial charge >= 0.3 is 0 Å². The first-order valence-corrected chi connectivity index (χ1v) is 9.43. The van der Waals surface area contributed by atoms with Crippen molar-refractivity contribution in [2.24, 2.45) is 4.40 Å². The highest BCUT2D eigenvalue weighted by atomic mass is 32.2. The molecule has 0 saturated heterocycles. The monoisotopic (exact) mass is 362 g/mol. The number of rotatable bonds is 5. The average Bonchev–Trinajstić information content (AvgIpc) is 2.60. The zero-order chi connectivity index (χ0) is 17.9. The van der Waals surface area contributed by atoms with Crippen molar-refractivity contribution in [2.75, 3.05) is 18.9 Å². The second-order valence-electron chi connectivity index (χ2n) is 5.43. The Balaban J connectivity index is 1.67. The van der Waals surface area contributed by atoms with Gasteiger partial charge in [-0.05, 0) is 25.1 Å². The molecule has 1 amide bonds. The zero-order valence-electron chi connectivity index (χ0n) is 13.7. The van der Waals surface area contributed by atoms with Crippen molar-refractivity contribution >= 4 is 21.8 Å². The summed E-state index contributed by atoms with van der Waals surface area (Å²) in [5.74, 6) is 0.487. The molecule has 25 heavy (non-hydrogen) atoms. The van der Waals surface area contributed by atoms with Gasteiger partial charge in [0.05, 0.1) is 17.9 Å². The molecule has 2 aliphatic heterocycles. The normalized spacial score (nSPS) is 18.0. The molecule has 3 rings (SSSR count). The van der Waals surface area contributed by atoms with Gasteiger partial charge in [0.1, 0.15) is 5.84 Å². The lowest BCUT2D eigenvalue weighted by Gasteiger charge is -2.26. The second-order valence-corrected chi connectivity index (χ2v) is 7.18. The van der Waals surface area contributed by atoms with Gasteiger partial charge in [-0.25, -0.2) is 13.4 Å². The van der Waals surface area contributed by atoms with Crippen LogP contribution in [0.25, 0.3) is 0 Å². The van der Waals surface area contributed by atoms with Crippen LogP contribution in [0.4, 0.5) is 0 Å². The Morgan fingerprint density at radius 1 is 1.40 bits per heavy atom. The Hall–Kier alpha value is -2.68. The molecule has 0 spiro atoms. The Morgan fingerprint density at radius 2 is 2.24 bits per heavy atom. The van der Waals surface area contributed by atoms with Crippen LogP contribution < -0.4 is 10.1 Å². The molecular formula is C16H18N4O4S. The lowest BCUT2D eigenvalue weighted by Crippen LogP contribution is -2.38. The standard InChI is InChI=1S/C16H18N4O4S/c1-2-24-16-12(4-3-7-17-16)10-18-15(21)13-5-6-14-19-25(22,23)9-8-20(14)11-13/h3-7,11H,2,8-10H2,1H3,(H,18,21). The maximum Gasteiger partial charge on any atom is 0.256 e. The number of carbonyl (C=O) groups excluding carboxylic acids is 1. The number of carbonyl (C=O) groups is 1. The molecule has 0 aromatic carbocycles. The average molecular weight is 362 g/mol. The van der Waals surface area contributed by atoms with Gasteiger partial charge in [-0.3, -0.25) is 4.79 Å². The van der Waals surface area contributed by atoms with Crippen molar-refractivity contribution in [3.63, 3.8) is 0 Å². The summed E-state index contributed by atoms with van der Waals surface area (Å²) in [5.41, 5.74) is 1.21. The minimum absolute atomic E-state index is 0.0663. The van der Waals surface area contributed by atoms with Gasteiger partial charge in [-0.15, -0.1) is 4.40 Å². The molecule has 1 aromatic heterocycles. The third-order valence-corrected chi connectivity index (χ3v) is 4.82. The molecule has 1 aromatic rings. The molecule has 9 heteroatoms. The van der Waals surface area contributed by atoms with E-state index in [1.807, 2.05) is 13.0 Å². The van der Waals surface area contributed by atoms with E-state index >= 15 is 0 Å². The maximum atomic E-state index is 12.4. The van der Waals surface area contributed by atoms with Crippen LogP contribution in [0.5, 0.6) is 5.88 Å². The van der Waals surface area contributed by atoms with Crippen molar-refractivity contribution < 1.29 is 17.9 Å². The molecule has 1 N–H and O–H groups in total. The molecular weight excluding hydrogens is 344 g/mol. The van der Waals surface area contributed by atoms with E-state index in [4.69, 9.17) is 4.74 Å². The number of pyridine rings is 1. The van der Waals surface area contributed by atoms with Crippen LogP contribution in [-0.2, 0) is 21.4 Å². The number of amidine groups is 1. The number of fused-ring (bicyclic) bond motifs is 1. The van der Waals surface area contributed by atoms with Crippen molar-refractivity contribution in [3.8, 4) is 5.88 Å². The molecule has 0 saturated carbocycles. The molecule has 2 aliphatic rings. The first-order chi connectivity index (χ1) is 12.0. The molecule has 3 heterocycles. The summed E-state index contributed by atoms with van der Waals surface area (Å²) in [7, 11) is -3.40. The van der Waals surface area contributed by atoms with Crippen LogP contribution in [0.1, 0.15) is 12.5 Å². The number of nitrogens with zero attached hydrogens (tertiary/aromatic N) is 3. The van der Waals surface area contributed by atoms with Gasteiger partial charge in [0.15, 0.2) is 0 Å². The number of hydrogen-bond donors (Lipinski definition) is 1. The Kier molecular flexibility index (Phi) is 4.84. The fourth-order valence-electron chi connectivity index (χ4n) is 2.44. The quantitative estimate of drug-likeness (QED) is 0.823. The molecule has 0 unspecified atom stereocenters. The molecule has 0 atom stereocenters. The highest BCUT2D eigenvalue weighted by molar-refractivity contribution is 7.90. The van der Waals surface area contributed by atoms with Gasteiger partial charge < -0.3 is 15.0 Å². The Labute approximate surface area is 146 Å². The SMILES string of the molecule is CCOc1ncccc1CNC(=O)C1=CN2CCS(=O)(=O)N=C2C=C1. The summed E-state index contributed by atoms with van der Waals surface area (Å²) in [6.45, 7) is 2.92. The Morgan fingerprint density at radius 3 is 3.04 bits per heavy atom. The van der Waals surface area contributed by atoms with Crippen molar-refractivity contribution in [2.45, 2.75) is 13.5 Å². The van der Waals surface area contributed by atoms with Crippen molar-refractivity contribution in [1.29, 1.82) is 0 Å². The lowest BCUT2D eigenvalue weighted by molar-refractivity contribution is -0.117. The summed E-state index contributed by atoms with van der Waals surface area (Å²) in [6, 6.07) is 3.62. The summed E-state index contributed by atoms with van der Waals surface area (Å²) in [6.07, 6.45) is 6.32. The van der Waals surface area contributed by atoms with E-state index in [1.54, 1.807) is 29.4 Å². The van der Waals surface area contributed by atoms with E-state index in [9.17, 15) is 13.2 Å². The van der Waals surface area contributed by atoms with Crippen LogP contribution in [0.3, 0.4) is 0 Å². The number of aromatic nitrogens is 1. The van der Waals surface area contributed by atoms with Crippen LogP contribution in [0.2, 0.25) is 0 Å². The molecule has 0 radical (unpaired) electrons. The minimum atomic E-state index is -3.40. The van der Waals surface area contributed by atoms with E-state index in [-0.39, 0.29) is 24.7 Å². The van der Waals surface area contributed by atoms with Crippen LogP contribution >= 0.6 is 0 Å². The van der Waals surface area contributed by atoms with E-state index in [0.29, 0.717) is 23.9 Å². The number of ether oxygens (including phenoxy) is 1. The number of hydrogen-bond acceptors (Lipinski definition) is 6.